The van der Waals surface area contributed by atoms with Crippen LogP contribution in [-0.4, -0.2) is 30.5 Å². The molecule has 6 nitrogen and oxygen atoms in total. The van der Waals surface area contributed by atoms with Crippen molar-refractivity contribution in [3.8, 4) is 11.5 Å². The molecule has 3 aromatic carbocycles. The van der Waals surface area contributed by atoms with Gasteiger partial charge in [0.2, 0.25) is 0 Å². The number of carbonyl (C=O) groups is 2. The second-order valence-corrected chi connectivity index (χ2v) is 8.34. The highest BCUT2D eigenvalue weighted by Gasteiger charge is 2.47. The van der Waals surface area contributed by atoms with Gasteiger partial charge in [0, 0.05) is 11.3 Å². The Balaban J connectivity index is 1.86. The number of Topliss-reactive ketones (excluding diaryl/α,β-unsaturated/α-hetero) is 1. The highest BCUT2D eigenvalue weighted by atomic mass is 16.5. The molecule has 1 aliphatic heterocycles. The number of benzene rings is 3. The van der Waals surface area contributed by atoms with Crippen LogP contribution in [-0.2, 0) is 16.0 Å². The SMILES string of the molecule is CCCOc1cccc(/C(O)=C2/C(=O)C(=O)N(c3ccc(CC)cc3)C2c2ccc(OC)cc2)c1. The third-order valence-corrected chi connectivity index (χ3v) is 6.08. The van der Waals surface area contributed by atoms with Crippen LogP contribution >= 0.6 is 0 Å². The van der Waals surface area contributed by atoms with Crippen molar-refractivity contribution in [2.45, 2.75) is 32.7 Å². The fourth-order valence-corrected chi connectivity index (χ4v) is 4.20. The summed E-state index contributed by atoms with van der Waals surface area (Å²) in [4.78, 5) is 28.1. The van der Waals surface area contributed by atoms with Crippen molar-refractivity contribution >= 4 is 23.1 Å². The molecule has 6 heteroatoms. The number of ether oxygens (including phenoxy) is 2. The number of rotatable bonds is 8. The lowest BCUT2D eigenvalue weighted by Gasteiger charge is -2.25. The standard InChI is InChI=1S/C29H29NO5/c1-4-17-35-24-8-6-7-21(18-24)27(31)25-26(20-11-15-23(34-3)16-12-20)30(29(33)28(25)32)22-13-9-19(5-2)10-14-22/h6-16,18,26,31H,4-5,17H2,1-3H3/b27-25-. The van der Waals surface area contributed by atoms with Crippen molar-refractivity contribution in [2.75, 3.05) is 18.6 Å². The van der Waals surface area contributed by atoms with E-state index in [-0.39, 0.29) is 11.3 Å². The van der Waals surface area contributed by atoms with Crippen molar-refractivity contribution in [1.82, 2.24) is 0 Å². The van der Waals surface area contributed by atoms with Crippen LogP contribution in [0.2, 0.25) is 0 Å². The van der Waals surface area contributed by atoms with Crippen LogP contribution in [0.5, 0.6) is 11.5 Å². The lowest BCUT2D eigenvalue weighted by Crippen LogP contribution is -2.29. The van der Waals surface area contributed by atoms with Gasteiger partial charge in [0.25, 0.3) is 11.7 Å². The highest BCUT2D eigenvalue weighted by Crippen LogP contribution is 2.42. The first kappa shape index (κ1) is 24.1. The zero-order valence-corrected chi connectivity index (χ0v) is 20.2. The quantitative estimate of drug-likeness (QED) is 0.260. The third kappa shape index (κ3) is 4.78. The topological polar surface area (TPSA) is 76.1 Å². The molecule has 1 aliphatic rings. The number of carbonyl (C=O) groups excluding carboxylic acids is 2. The number of hydrogen-bond donors (Lipinski definition) is 1. The normalized spacial score (nSPS) is 17.0. The van der Waals surface area contributed by atoms with Crippen molar-refractivity contribution < 1.29 is 24.2 Å². The summed E-state index contributed by atoms with van der Waals surface area (Å²) in [7, 11) is 1.57. The van der Waals surface area contributed by atoms with E-state index >= 15 is 0 Å². The van der Waals surface area contributed by atoms with Gasteiger partial charge in [0.15, 0.2) is 0 Å². The molecule has 35 heavy (non-hydrogen) atoms. The Morgan fingerprint density at radius 2 is 1.66 bits per heavy atom. The maximum atomic E-state index is 13.3. The van der Waals surface area contributed by atoms with Gasteiger partial charge in [-0.2, -0.15) is 0 Å². The first-order chi connectivity index (χ1) is 17.0. The van der Waals surface area contributed by atoms with E-state index in [2.05, 4.69) is 6.92 Å². The molecule has 0 spiro atoms. The Hall–Kier alpha value is -4.06. The molecule has 1 heterocycles. The van der Waals surface area contributed by atoms with Crippen LogP contribution in [0, 0.1) is 0 Å². The smallest absolute Gasteiger partial charge is 0.300 e. The maximum absolute atomic E-state index is 13.3. The van der Waals surface area contributed by atoms with E-state index in [0.717, 1.165) is 18.4 Å². The van der Waals surface area contributed by atoms with Crippen LogP contribution in [0.15, 0.2) is 78.4 Å². The van der Waals surface area contributed by atoms with Gasteiger partial charge in [0.05, 0.1) is 25.3 Å². The number of anilines is 1. The fourth-order valence-electron chi connectivity index (χ4n) is 4.20. The van der Waals surface area contributed by atoms with Crippen molar-refractivity contribution in [1.29, 1.82) is 0 Å². The molecule has 0 radical (unpaired) electrons. The van der Waals surface area contributed by atoms with Crippen molar-refractivity contribution in [2.24, 2.45) is 0 Å². The van der Waals surface area contributed by atoms with Crippen LogP contribution in [0.1, 0.15) is 43.0 Å². The van der Waals surface area contributed by atoms with Crippen LogP contribution in [0.25, 0.3) is 5.76 Å². The minimum Gasteiger partial charge on any atom is -0.507 e. The predicted octanol–water partition coefficient (Wildman–Crippen LogP) is 5.67. The molecule has 1 unspecified atom stereocenters. The number of amides is 1. The highest BCUT2D eigenvalue weighted by molar-refractivity contribution is 6.51. The van der Waals surface area contributed by atoms with Crippen molar-refractivity contribution in [3.05, 3.63) is 95.1 Å². The monoisotopic (exact) mass is 471 g/mol. The first-order valence-corrected chi connectivity index (χ1v) is 11.8. The zero-order chi connectivity index (χ0) is 24.9. The number of hydrogen-bond acceptors (Lipinski definition) is 5. The van der Waals surface area contributed by atoms with Gasteiger partial charge in [-0.1, -0.05) is 50.2 Å². The molecule has 1 atom stereocenters. The van der Waals surface area contributed by atoms with Crippen LogP contribution in [0.3, 0.4) is 0 Å². The number of ketones is 1. The molecule has 1 saturated heterocycles. The van der Waals surface area contributed by atoms with Gasteiger partial charge in [-0.25, -0.2) is 0 Å². The van der Waals surface area contributed by atoms with Gasteiger partial charge in [-0.05, 0) is 60.4 Å². The summed E-state index contributed by atoms with van der Waals surface area (Å²) >= 11 is 0. The molecule has 1 fully saturated rings. The molecule has 0 saturated carbocycles. The van der Waals surface area contributed by atoms with Gasteiger partial charge >= 0.3 is 0 Å². The second kappa shape index (κ2) is 10.5. The molecule has 180 valence electrons. The van der Waals surface area contributed by atoms with E-state index in [0.29, 0.717) is 34.9 Å². The predicted molar refractivity (Wildman–Crippen MR) is 136 cm³/mol. The Morgan fingerprint density at radius 1 is 0.943 bits per heavy atom. The lowest BCUT2D eigenvalue weighted by atomic mass is 9.95. The van der Waals surface area contributed by atoms with E-state index in [4.69, 9.17) is 9.47 Å². The van der Waals surface area contributed by atoms with Gasteiger partial charge < -0.3 is 14.6 Å². The Kier molecular flexibility index (Phi) is 7.20. The van der Waals surface area contributed by atoms with Crippen molar-refractivity contribution in [3.63, 3.8) is 0 Å². The van der Waals surface area contributed by atoms with E-state index in [1.807, 2.05) is 31.2 Å². The molecule has 4 rings (SSSR count). The lowest BCUT2D eigenvalue weighted by molar-refractivity contribution is -0.132. The average Bonchev–Trinajstić information content (AvgIpc) is 3.17. The maximum Gasteiger partial charge on any atom is 0.300 e. The molecular formula is C29H29NO5. The summed E-state index contributed by atoms with van der Waals surface area (Å²) in [5.74, 6) is -0.420. The average molecular weight is 472 g/mol. The summed E-state index contributed by atoms with van der Waals surface area (Å²) in [6.45, 7) is 4.60. The molecule has 0 bridgehead atoms. The second-order valence-electron chi connectivity index (χ2n) is 8.34. The van der Waals surface area contributed by atoms with E-state index in [1.165, 1.54) is 4.90 Å². The van der Waals surface area contributed by atoms with Crippen LogP contribution < -0.4 is 14.4 Å². The summed E-state index contributed by atoms with van der Waals surface area (Å²) in [5, 5.41) is 11.3. The molecular weight excluding hydrogens is 442 g/mol. The number of aliphatic hydroxyl groups excluding tert-OH is 1. The Morgan fingerprint density at radius 3 is 2.29 bits per heavy atom. The summed E-state index contributed by atoms with van der Waals surface area (Å²) in [6, 6.07) is 20.8. The van der Waals surface area contributed by atoms with Gasteiger partial charge in [0.1, 0.15) is 17.3 Å². The van der Waals surface area contributed by atoms with E-state index in [9.17, 15) is 14.7 Å². The number of nitrogens with zero attached hydrogens (tertiary/aromatic N) is 1. The minimum atomic E-state index is -0.798. The minimum absolute atomic E-state index is 0.0346. The van der Waals surface area contributed by atoms with Crippen LogP contribution in [0.4, 0.5) is 5.69 Å². The number of methoxy groups -OCH3 is 1. The first-order valence-electron chi connectivity index (χ1n) is 11.8. The molecule has 0 aromatic heterocycles. The molecule has 3 aromatic rings. The largest absolute Gasteiger partial charge is 0.507 e. The fraction of sp³-hybridized carbons (Fsp3) is 0.241. The Labute approximate surface area is 205 Å². The molecule has 1 amide bonds. The number of aryl methyl sites for hydroxylation is 1. The Bertz CT molecular complexity index is 1240. The summed E-state index contributed by atoms with van der Waals surface area (Å²) < 4.78 is 11.0. The molecule has 1 N–H and O–H groups in total. The molecule has 0 aliphatic carbocycles. The van der Waals surface area contributed by atoms with Gasteiger partial charge in [-0.3, -0.25) is 14.5 Å². The number of aliphatic hydroxyl groups is 1. The van der Waals surface area contributed by atoms with E-state index < -0.39 is 17.7 Å². The van der Waals surface area contributed by atoms with Gasteiger partial charge in [-0.15, -0.1) is 0 Å². The zero-order valence-electron chi connectivity index (χ0n) is 20.2. The van der Waals surface area contributed by atoms with E-state index in [1.54, 1.807) is 55.6 Å². The summed E-state index contributed by atoms with van der Waals surface area (Å²) in [6.07, 6.45) is 1.70. The third-order valence-electron chi connectivity index (χ3n) is 6.08. The summed E-state index contributed by atoms with van der Waals surface area (Å²) in [5.41, 5.74) is 2.84.